The molecule has 0 atom stereocenters. The lowest BCUT2D eigenvalue weighted by molar-refractivity contribution is 0.284. The molecule has 1 aromatic heterocycles. The molecule has 1 aromatic carbocycles. The number of aromatic nitrogens is 3. The third kappa shape index (κ3) is 2.58. The van der Waals surface area contributed by atoms with E-state index in [9.17, 15) is 0 Å². The van der Waals surface area contributed by atoms with E-state index in [4.69, 9.17) is 10.5 Å². The first-order valence-electron chi connectivity index (χ1n) is 6.33. The minimum absolute atomic E-state index is 0.412. The van der Waals surface area contributed by atoms with Crippen LogP contribution in [0.5, 0.6) is 5.75 Å². The van der Waals surface area contributed by atoms with Crippen molar-refractivity contribution in [3.8, 4) is 5.75 Å². The number of ether oxygens (including phenoxy) is 1. The molecule has 19 heavy (non-hydrogen) atoms. The van der Waals surface area contributed by atoms with E-state index in [1.54, 1.807) is 6.07 Å². The van der Waals surface area contributed by atoms with Crippen LogP contribution < -0.4 is 10.5 Å². The van der Waals surface area contributed by atoms with Gasteiger partial charge in [0.1, 0.15) is 18.2 Å². The maximum Gasteiger partial charge on any atom is 0.171 e. The molecule has 2 N–H and O–H groups in total. The molecule has 6 heteroatoms. The van der Waals surface area contributed by atoms with Crippen LogP contribution in [0.15, 0.2) is 22.7 Å². The van der Waals surface area contributed by atoms with Gasteiger partial charge in [-0.2, -0.15) is 0 Å². The summed E-state index contributed by atoms with van der Waals surface area (Å²) in [6, 6.07) is 5.51. The van der Waals surface area contributed by atoms with Crippen LogP contribution in [0, 0.1) is 0 Å². The van der Waals surface area contributed by atoms with Gasteiger partial charge in [0, 0.05) is 24.7 Å². The molecule has 2 heterocycles. The van der Waals surface area contributed by atoms with Crippen molar-refractivity contribution in [2.45, 2.75) is 32.4 Å². The number of fused-ring (bicyclic) bond motifs is 1. The fourth-order valence-corrected chi connectivity index (χ4v) is 2.61. The van der Waals surface area contributed by atoms with E-state index < -0.39 is 0 Å². The van der Waals surface area contributed by atoms with Crippen LogP contribution in [-0.2, 0) is 19.6 Å². The molecule has 0 bridgehead atoms. The normalized spacial score (nSPS) is 14.2. The van der Waals surface area contributed by atoms with Crippen molar-refractivity contribution in [1.29, 1.82) is 0 Å². The molecule has 0 unspecified atom stereocenters. The first-order valence-corrected chi connectivity index (χ1v) is 7.12. The Morgan fingerprint density at radius 1 is 1.32 bits per heavy atom. The summed E-state index contributed by atoms with van der Waals surface area (Å²) in [4.78, 5) is 0. The largest absolute Gasteiger partial charge is 0.484 e. The zero-order valence-corrected chi connectivity index (χ0v) is 12.1. The molecule has 0 spiro atoms. The van der Waals surface area contributed by atoms with Gasteiger partial charge in [0.2, 0.25) is 0 Å². The third-order valence-corrected chi connectivity index (χ3v) is 3.90. The summed E-state index contributed by atoms with van der Waals surface area (Å²) in [7, 11) is 0. The van der Waals surface area contributed by atoms with Gasteiger partial charge in [0.15, 0.2) is 5.82 Å². The topological polar surface area (TPSA) is 66.0 Å². The molecule has 100 valence electrons. The van der Waals surface area contributed by atoms with Crippen LogP contribution in [0.25, 0.3) is 0 Å². The van der Waals surface area contributed by atoms with E-state index >= 15 is 0 Å². The fourth-order valence-electron chi connectivity index (χ4n) is 2.25. The number of aryl methyl sites for hydroxylation is 1. The van der Waals surface area contributed by atoms with E-state index in [1.807, 2.05) is 12.1 Å². The Morgan fingerprint density at radius 3 is 3.11 bits per heavy atom. The highest BCUT2D eigenvalue weighted by atomic mass is 79.9. The van der Waals surface area contributed by atoms with Crippen molar-refractivity contribution in [3.05, 3.63) is 34.3 Å². The van der Waals surface area contributed by atoms with Crippen molar-refractivity contribution in [2.24, 2.45) is 0 Å². The van der Waals surface area contributed by atoms with Crippen molar-refractivity contribution in [1.82, 2.24) is 14.8 Å². The summed E-state index contributed by atoms with van der Waals surface area (Å²) in [5.41, 5.74) is 6.44. The molecule has 3 rings (SSSR count). The third-order valence-electron chi connectivity index (χ3n) is 3.25. The van der Waals surface area contributed by atoms with E-state index in [-0.39, 0.29) is 0 Å². The maximum atomic E-state index is 5.78. The Morgan fingerprint density at radius 2 is 2.21 bits per heavy atom. The highest BCUT2D eigenvalue weighted by Gasteiger charge is 2.16. The summed E-state index contributed by atoms with van der Waals surface area (Å²) in [5.74, 6) is 2.67. The van der Waals surface area contributed by atoms with E-state index in [0.29, 0.717) is 12.3 Å². The monoisotopic (exact) mass is 322 g/mol. The Bertz CT molecular complexity index is 596. The number of nitrogens with two attached hydrogens (primary N) is 1. The molecule has 0 fully saturated rings. The Kier molecular flexibility index (Phi) is 3.42. The van der Waals surface area contributed by atoms with E-state index in [2.05, 4.69) is 30.7 Å². The number of hydrogen-bond acceptors (Lipinski definition) is 4. The van der Waals surface area contributed by atoms with E-state index in [0.717, 1.165) is 34.8 Å². The fraction of sp³-hybridized carbons (Fsp3) is 0.385. The number of halogens is 1. The maximum absolute atomic E-state index is 5.78. The molecule has 5 nitrogen and oxygen atoms in total. The van der Waals surface area contributed by atoms with Crippen LogP contribution in [0.1, 0.15) is 24.5 Å². The second kappa shape index (κ2) is 5.21. The molecule has 0 amide bonds. The number of benzene rings is 1. The van der Waals surface area contributed by atoms with Gasteiger partial charge >= 0.3 is 0 Å². The van der Waals surface area contributed by atoms with Gasteiger partial charge in [-0.05, 0) is 40.9 Å². The highest BCUT2D eigenvalue weighted by Crippen LogP contribution is 2.27. The standard InChI is InChI=1S/C13H15BrN4O/c14-10-5-4-9(15)7-11(10)19-8-13-17-16-12-3-1-2-6-18(12)13/h4-5,7H,1-3,6,8,15H2. The van der Waals surface area contributed by atoms with Gasteiger partial charge in [0.05, 0.1) is 4.47 Å². The Hall–Kier alpha value is -1.56. The van der Waals surface area contributed by atoms with Crippen molar-refractivity contribution in [2.75, 3.05) is 5.73 Å². The minimum Gasteiger partial charge on any atom is -0.484 e. The SMILES string of the molecule is Nc1ccc(Br)c(OCc2nnc3n2CCCC3)c1. The number of nitrogen functional groups attached to an aromatic ring is 1. The quantitative estimate of drug-likeness (QED) is 0.882. The number of rotatable bonds is 3. The van der Waals surface area contributed by atoms with Gasteiger partial charge in [-0.1, -0.05) is 0 Å². The van der Waals surface area contributed by atoms with Crippen molar-refractivity contribution in [3.63, 3.8) is 0 Å². The van der Waals surface area contributed by atoms with Crippen molar-refractivity contribution < 1.29 is 4.74 Å². The number of hydrogen-bond donors (Lipinski definition) is 1. The summed E-state index contributed by atoms with van der Waals surface area (Å²) >= 11 is 3.45. The second-order valence-electron chi connectivity index (χ2n) is 4.62. The first kappa shape index (κ1) is 12.5. The Balaban J connectivity index is 1.75. The van der Waals surface area contributed by atoms with Gasteiger partial charge in [-0.25, -0.2) is 0 Å². The van der Waals surface area contributed by atoms with Crippen LogP contribution in [-0.4, -0.2) is 14.8 Å². The molecule has 1 aliphatic rings. The van der Waals surface area contributed by atoms with Gasteiger partial charge in [0.25, 0.3) is 0 Å². The van der Waals surface area contributed by atoms with Crippen molar-refractivity contribution >= 4 is 21.6 Å². The van der Waals surface area contributed by atoms with E-state index in [1.165, 1.54) is 12.8 Å². The molecular formula is C13H15BrN4O. The molecule has 0 saturated heterocycles. The lowest BCUT2D eigenvalue weighted by atomic mass is 10.2. The zero-order valence-electron chi connectivity index (χ0n) is 10.5. The number of nitrogens with zero attached hydrogens (tertiary/aromatic N) is 3. The van der Waals surface area contributed by atoms with Crippen LogP contribution in [0.3, 0.4) is 0 Å². The Labute approximate surface area is 119 Å². The smallest absolute Gasteiger partial charge is 0.171 e. The molecule has 0 radical (unpaired) electrons. The molecular weight excluding hydrogens is 308 g/mol. The molecule has 1 aliphatic heterocycles. The average molecular weight is 323 g/mol. The predicted octanol–water partition coefficient (Wildman–Crippen LogP) is 2.54. The summed E-state index contributed by atoms with van der Waals surface area (Å²) in [6.45, 7) is 1.40. The molecule has 2 aromatic rings. The van der Waals surface area contributed by atoms with Gasteiger partial charge in [-0.3, -0.25) is 0 Å². The average Bonchev–Trinajstić information content (AvgIpc) is 2.83. The van der Waals surface area contributed by atoms with Gasteiger partial charge < -0.3 is 15.0 Å². The molecule has 0 aliphatic carbocycles. The lowest BCUT2D eigenvalue weighted by Gasteiger charge is -2.15. The molecule has 0 saturated carbocycles. The van der Waals surface area contributed by atoms with Crippen LogP contribution in [0.4, 0.5) is 5.69 Å². The van der Waals surface area contributed by atoms with Crippen LogP contribution in [0.2, 0.25) is 0 Å². The zero-order chi connectivity index (χ0) is 13.2. The van der Waals surface area contributed by atoms with Crippen LogP contribution >= 0.6 is 15.9 Å². The second-order valence-corrected chi connectivity index (χ2v) is 5.47. The highest BCUT2D eigenvalue weighted by molar-refractivity contribution is 9.10. The summed E-state index contributed by atoms with van der Waals surface area (Å²) < 4.78 is 8.82. The first-order chi connectivity index (χ1) is 9.24. The lowest BCUT2D eigenvalue weighted by Crippen LogP contribution is -2.14. The predicted molar refractivity (Wildman–Crippen MR) is 75.8 cm³/mol. The summed E-state index contributed by atoms with van der Waals surface area (Å²) in [6.07, 6.45) is 3.38. The minimum atomic E-state index is 0.412. The summed E-state index contributed by atoms with van der Waals surface area (Å²) in [5, 5.41) is 8.41. The number of anilines is 1. The van der Waals surface area contributed by atoms with Gasteiger partial charge in [-0.15, -0.1) is 10.2 Å².